The van der Waals surface area contributed by atoms with Crippen LogP contribution in [0.3, 0.4) is 0 Å². The average molecular weight is 116 g/mol. The zero-order valence-corrected chi connectivity index (χ0v) is 4.91. The summed E-state index contributed by atoms with van der Waals surface area (Å²) in [6, 6.07) is -1.38. The Morgan fingerprint density at radius 2 is 2.25 bits per heavy atom. The van der Waals surface area contributed by atoms with Crippen molar-refractivity contribution in [2.75, 3.05) is 0 Å². The lowest BCUT2D eigenvalue weighted by molar-refractivity contribution is -0.125. The molecule has 0 radical (unpaired) electrons. The Morgan fingerprint density at radius 1 is 1.75 bits per heavy atom. The smallest absolute Gasteiger partial charge is 0.256 e. The summed E-state index contributed by atoms with van der Waals surface area (Å²) in [7, 11) is 0. The van der Waals surface area contributed by atoms with Gasteiger partial charge < -0.3 is 0 Å². The van der Waals surface area contributed by atoms with Crippen LogP contribution in [0.2, 0.25) is 0 Å². The molecular formula is C6H9FO. The highest BCUT2D eigenvalue weighted by molar-refractivity contribution is 5.86. The van der Waals surface area contributed by atoms with E-state index in [-0.39, 0.29) is 5.57 Å². The molecule has 0 aliphatic rings. The van der Waals surface area contributed by atoms with Crippen molar-refractivity contribution in [1.82, 2.24) is 0 Å². The highest BCUT2D eigenvalue weighted by Gasteiger charge is 2.00. The van der Waals surface area contributed by atoms with E-state index in [2.05, 4.69) is 6.58 Å². The number of rotatable bonds is 3. The molecule has 0 unspecified atom stereocenters. The maximum absolute atomic E-state index is 11.5. The van der Waals surface area contributed by atoms with Gasteiger partial charge in [0.05, 0.1) is 0 Å². The molecule has 0 aromatic rings. The van der Waals surface area contributed by atoms with Gasteiger partial charge in [0.2, 0.25) is 0 Å². The van der Waals surface area contributed by atoms with Gasteiger partial charge in [-0.3, -0.25) is 4.79 Å². The topological polar surface area (TPSA) is 17.1 Å². The van der Waals surface area contributed by atoms with Crippen molar-refractivity contribution < 1.29 is 9.18 Å². The average Bonchev–Trinajstić information content (AvgIpc) is 1.67. The quantitative estimate of drug-likeness (QED) is 0.406. The molecule has 0 saturated carbocycles. The van der Waals surface area contributed by atoms with Crippen LogP contribution in [-0.4, -0.2) is 6.04 Å². The molecule has 46 valence electrons. The molecular weight excluding hydrogens is 107 g/mol. The van der Waals surface area contributed by atoms with Crippen LogP contribution in [-0.2, 0) is 4.79 Å². The van der Waals surface area contributed by atoms with Crippen molar-refractivity contribution in [2.24, 2.45) is 0 Å². The molecule has 0 aromatic heterocycles. The van der Waals surface area contributed by atoms with Gasteiger partial charge in [-0.05, 0) is 6.42 Å². The molecule has 0 aliphatic carbocycles. The van der Waals surface area contributed by atoms with Crippen molar-refractivity contribution in [3.8, 4) is 0 Å². The van der Waals surface area contributed by atoms with Crippen LogP contribution >= 0.6 is 0 Å². The maximum atomic E-state index is 11.5. The molecule has 2 heteroatoms. The van der Waals surface area contributed by atoms with E-state index in [9.17, 15) is 9.18 Å². The van der Waals surface area contributed by atoms with Crippen LogP contribution < -0.4 is 0 Å². The zero-order valence-electron chi connectivity index (χ0n) is 4.91. The lowest BCUT2D eigenvalue weighted by atomic mass is 10.2. The summed E-state index contributed by atoms with van der Waals surface area (Å²) in [6.45, 7) is 5.09. The Hall–Kier alpha value is -0.660. The predicted molar refractivity (Wildman–Crippen MR) is 30.2 cm³/mol. The van der Waals surface area contributed by atoms with Gasteiger partial charge in [-0.15, -0.1) is 0 Å². The first kappa shape index (κ1) is 7.34. The summed E-state index contributed by atoms with van der Waals surface area (Å²) in [5, 5.41) is 0. The van der Waals surface area contributed by atoms with Crippen LogP contribution in [0.5, 0.6) is 0 Å². The molecule has 0 saturated heterocycles. The van der Waals surface area contributed by atoms with Crippen LogP contribution in [0.1, 0.15) is 19.8 Å². The lowest BCUT2D eigenvalue weighted by Crippen LogP contribution is -1.90. The van der Waals surface area contributed by atoms with Gasteiger partial charge in [-0.25, -0.2) is 0 Å². The van der Waals surface area contributed by atoms with Crippen molar-refractivity contribution in [1.29, 1.82) is 0 Å². The summed E-state index contributed by atoms with van der Waals surface area (Å²) in [5.41, 5.74) is 0.0764. The third kappa shape index (κ3) is 2.50. The second-order valence-electron chi connectivity index (χ2n) is 1.63. The van der Waals surface area contributed by atoms with Crippen molar-refractivity contribution in [3.63, 3.8) is 0 Å². The molecule has 0 amide bonds. The van der Waals surface area contributed by atoms with Crippen molar-refractivity contribution >= 4 is 6.04 Å². The second kappa shape index (κ2) is 3.36. The highest BCUT2D eigenvalue weighted by atomic mass is 19.1. The Morgan fingerprint density at radius 3 is 2.38 bits per heavy atom. The van der Waals surface area contributed by atoms with E-state index >= 15 is 0 Å². The standard InChI is InChI=1S/C6H9FO/c1-3-4-5(2)6(7)8/h2-4H2,1H3. The first-order valence-corrected chi connectivity index (χ1v) is 2.56. The number of carbonyl (C=O) groups is 1. The van der Waals surface area contributed by atoms with Crippen LogP contribution in [0.15, 0.2) is 12.2 Å². The summed E-state index contributed by atoms with van der Waals surface area (Å²) < 4.78 is 11.5. The summed E-state index contributed by atoms with van der Waals surface area (Å²) in [6.07, 6.45) is 1.24. The monoisotopic (exact) mass is 116 g/mol. The normalized spacial score (nSPS) is 8.75. The van der Waals surface area contributed by atoms with E-state index in [1.807, 2.05) is 6.92 Å². The minimum Gasteiger partial charge on any atom is -0.256 e. The van der Waals surface area contributed by atoms with Gasteiger partial charge >= 0.3 is 6.04 Å². The largest absolute Gasteiger partial charge is 0.327 e. The number of halogens is 1. The van der Waals surface area contributed by atoms with Gasteiger partial charge in [0.25, 0.3) is 0 Å². The minimum atomic E-state index is -1.38. The second-order valence-corrected chi connectivity index (χ2v) is 1.63. The first-order chi connectivity index (χ1) is 3.68. The van der Waals surface area contributed by atoms with E-state index in [0.717, 1.165) is 6.42 Å². The molecule has 0 fully saturated rings. The number of allylic oxidation sites excluding steroid dienone is 1. The third-order valence-corrected chi connectivity index (χ3v) is 0.830. The molecule has 0 heterocycles. The summed E-state index contributed by atoms with van der Waals surface area (Å²) >= 11 is 0. The highest BCUT2D eigenvalue weighted by Crippen LogP contribution is 2.02. The maximum Gasteiger partial charge on any atom is 0.327 e. The number of hydrogen-bond donors (Lipinski definition) is 0. The Kier molecular flexibility index (Phi) is 3.08. The van der Waals surface area contributed by atoms with Crippen molar-refractivity contribution in [3.05, 3.63) is 12.2 Å². The van der Waals surface area contributed by atoms with Gasteiger partial charge in [0.15, 0.2) is 0 Å². The Bertz CT molecular complexity index is 107. The molecule has 0 bridgehead atoms. The molecule has 0 rings (SSSR count). The van der Waals surface area contributed by atoms with Crippen LogP contribution in [0, 0.1) is 0 Å². The number of carbonyl (C=O) groups excluding carboxylic acids is 1. The predicted octanol–water partition coefficient (Wildman–Crippen LogP) is 1.84. The van der Waals surface area contributed by atoms with Crippen LogP contribution in [0.4, 0.5) is 4.39 Å². The van der Waals surface area contributed by atoms with Gasteiger partial charge in [-0.1, -0.05) is 19.9 Å². The lowest BCUT2D eigenvalue weighted by Gasteiger charge is -1.90. The summed E-state index contributed by atoms with van der Waals surface area (Å²) in [4.78, 5) is 9.77. The third-order valence-electron chi connectivity index (χ3n) is 0.830. The fourth-order valence-electron chi connectivity index (χ4n) is 0.400. The van der Waals surface area contributed by atoms with E-state index in [0.29, 0.717) is 6.42 Å². The van der Waals surface area contributed by atoms with E-state index in [1.165, 1.54) is 0 Å². The minimum absolute atomic E-state index is 0.0764. The van der Waals surface area contributed by atoms with Gasteiger partial charge in [0, 0.05) is 5.57 Å². The molecule has 0 atom stereocenters. The Balaban J connectivity index is 3.49. The first-order valence-electron chi connectivity index (χ1n) is 2.56. The molecule has 0 aliphatic heterocycles. The SMILES string of the molecule is C=C(CCC)C(=O)F. The fourth-order valence-corrected chi connectivity index (χ4v) is 0.400. The fraction of sp³-hybridized carbons (Fsp3) is 0.500. The zero-order chi connectivity index (χ0) is 6.57. The molecule has 0 aromatic carbocycles. The summed E-state index contributed by atoms with van der Waals surface area (Å²) in [5.74, 6) is 0. The molecule has 1 nitrogen and oxygen atoms in total. The molecule has 8 heavy (non-hydrogen) atoms. The van der Waals surface area contributed by atoms with Crippen molar-refractivity contribution in [2.45, 2.75) is 19.8 Å². The van der Waals surface area contributed by atoms with Crippen LogP contribution in [0.25, 0.3) is 0 Å². The Labute approximate surface area is 48.2 Å². The van der Waals surface area contributed by atoms with Gasteiger partial charge in [-0.2, -0.15) is 4.39 Å². The number of hydrogen-bond acceptors (Lipinski definition) is 1. The molecule has 0 spiro atoms. The molecule has 0 N–H and O–H groups in total. The van der Waals surface area contributed by atoms with E-state index in [4.69, 9.17) is 0 Å². The van der Waals surface area contributed by atoms with E-state index < -0.39 is 6.04 Å². The van der Waals surface area contributed by atoms with Gasteiger partial charge in [0.1, 0.15) is 0 Å². The van der Waals surface area contributed by atoms with E-state index in [1.54, 1.807) is 0 Å².